The van der Waals surface area contributed by atoms with Crippen LogP contribution in [0, 0.1) is 0 Å². The summed E-state index contributed by atoms with van der Waals surface area (Å²) in [5.74, 6) is 0.554. The lowest BCUT2D eigenvalue weighted by atomic mass is 10.1. The number of pyridine rings is 1. The summed E-state index contributed by atoms with van der Waals surface area (Å²) in [5.41, 5.74) is 1.51. The second-order valence-corrected chi connectivity index (χ2v) is 4.79. The molecule has 2 aromatic rings. The molecule has 5 nitrogen and oxygen atoms in total. The highest BCUT2D eigenvalue weighted by molar-refractivity contribution is 5.97. The minimum Gasteiger partial charge on any atom is -0.497 e. The predicted molar refractivity (Wildman–Crippen MR) is 82.6 cm³/mol. The van der Waals surface area contributed by atoms with Crippen molar-refractivity contribution in [3.8, 4) is 5.75 Å². The van der Waals surface area contributed by atoms with E-state index in [9.17, 15) is 9.59 Å². The molecule has 2 rings (SSSR count). The fourth-order valence-electron chi connectivity index (χ4n) is 1.93. The number of aromatic nitrogens is 1. The number of amides is 1. The number of carbonyl (C=O) groups excluding carboxylic acids is 2. The van der Waals surface area contributed by atoms with E-state index in [2.05, 4.69) is 10.3 Å². The first-order valence-electron chi connectivity index (χ1n) is 7.02. The summed E-state index contributed by atoms with van der Waals surface area (Å²) in [7, 11) is 1.61. The van der Waals surface area contributed by atoms with Crippen LogP contribution in [0.25, 0.3) is 0 Å². The van der Waals surface area contributed by atoms with Gasteiger partial charge >= 0.3 is 0 Å². The molecule has 0 saturated carbocycles. The number of nitrogens with one attached hydrogen (secondary N) is 1. The van der Waals surface area contributed by atoms with E-state index in [0.717, 1.165) is 11.3 Å². The maximum Gasteiger partial charge on any atom is 0.220 e. The van der Waals surface area contributed by atoms with Gasteiger partial charge in [-0.1, -0.05) is 12.1 Å². The van der Waals surface area contributed by atoms with Crippen LogP contribution in [0.5, 0.6) is 5.75 Å². The van der Waals surface area contributed by atoms with Crippen LogP contribution in [-0.2, 0) is 11.3 Å². The molecule has 1 aromatic carbocycles. The monoisotopic (exact) mass is 298 g/mol. The summed E-state index contributed by atoms with van der Waals surface area (Å²) in [6.45, 7) is 0.434. The molecule has 1 amide bonds. The van der Waals surface area contributed by atoms with E-state index in [1.165, 1.54) is 6.20 Å². The van der Waals surface area contributed by atoms with E-state index in [1.807, 2.05) is 24.3 Å². The predicted octanol–water partition coefficient (Wildman–Crippen LogP) is 2.37. The van der Waals surface area contributed by atoms with Crippen molar-refractivity contribution in [1.29, 1.82) is 0 Å². The van der Waals surface area contributed by atoms with Gasteiger partial charge < -0.3 is 10.1 Å². The Morgan fingerprint density at radius 2 is 1.91 bits per heavy atom. The molecule has 5 heteroatoms. The molecule has 0 bridgehead atoms. The van der Waals surface area contributed by atoms with Crippen molar-refractivity contribution in [2.24, 2.45) is 0 Å². The van der Waals surface area contributed by atoms with Gasteiger partial charge in [-0.05, 0) is 29.8 Å². The largest absolute Gasteiger partial charge is 0.497 e. The van der Waals surface area contributed by atoms with Gasteiger partial charge in [0.1, 0.15) is 5.75 Å². The lowest BCUT2D eigenvalue weighted by Gasteiger charge is -2.06. The number of hydrogen-bond acceptors (Lipinski definition) is 4. The van der Waals surface area contributed by atoms with Gasteiger partial charge in [0.2, 0.25) is 5.91 Å². The van der Waals surface area contributed by atoms with E-state index in [0.29, 0.717) is 12.1 Å². The van der Waals surface area contributed by atoms with Crippen molar-refractivity contribution in [2.45, 2.75) is 19.4 Å². The second kappa shape index (κ2) is 7.93. The molecule has 1 heterocycles. The first-order chi connectivity index (χ1) is 10.7. The standard InChI is InChI=1S/C17H18N2O3/c1-22-15-6-4-13(5-7-15)11-19-17(21)9-8-16(20)14-3-2-10-18-12-14/h2-7,10,12H,8-9,11H2,1H3,(H,19,21). The Morgan fingerprint density at radius 3 is 2.55 bits per heavy atom. The smallest absolute Gasteiger partial charge is 0.220 e. The zero-order valence-corrected chi connectivity index (χ0v) is 12.4. The summed E-state index contributed by atoms with van der Waals surface area (Å²) in [6.07, 6.45) is 3.47. The van der Waals surface area contributed by atoms with E-state index in [-0.39, 0.29) is 24.5 Å². The fraction of sp³-hybridized carbons (Fsp3) is 0.235. The molecule has 0 aliphatic rings. The van der Waals surface area contributed by atoms with Gasteiger partial charge in [-0.25, -0.2) is 0 Å². The van der Waals surface area contributed by atoms with E-state index >= 15 is 0 Å². The highest BCUT2D eigenvalue weighted by atomic mass is 16.5. The molecule has 0 radical (unpaired) electrons. The summed E-state index contributed by atoms with van der Waals surface area (Å²) >= 11 is 0. The Hall–Kier alpha value is -2.69. The number of nitrogens with zero attached hydrogens (tertiary/aromatic N) is 1. The van der Waals surface area contributed by atoms with Gasteiger partial charge in [-0.3, -0.25) is 14.6 Å². The second-order valence-electron chi connectivity index (χ2n) is 4.79. The van der Waals surface area contributed by atoms with E-state index in [1.54, 1.807) is 25.4 Å². The summed E-state index contributed by atoms with van der Waals surface area (Å²) in [4.78, 5) is 27.5. The maximum atomic E-state index is 11.9. The molecule has 0 saturated heterocycles. The van der Waals surface area contributed by atoms with Crippen LogP contribution in [-0.4, -0.2) is 23.8 Å². The zero-order valence-electron chi connectivity index (χ0n) is 12.4. The molecular weight excluding hydrogens is 280 g/mol. The topological polar surface area (TPSA) is 68.3 Å². The SMILES string of the molecule is COc1ccc(CNC(=O)CCC(=O)c2cccnc2)cc1. The van der Waals surface area contributed by atoms with Crippen LogP contribution in [0.3, 0.4) is 0 Å². The number of hydrogen-bond donors (Lipinski definition) is 1. The van der Waals surface area contributed by atoms with Crippen molar-refractivity contribution in [3.05, 3.63) is 59.9 Å². The Morgan fingerprint density at radius 1 is 1.14 bits per heavy atom. The summed E-state index contributed by atoms with van der Waals surface area (Å²) in [6, 6.07) is 10.9. The highest BCUT2D eigenvalue weighted by Gasteiger charge is 2.09. The average Bonchev–Trinajstić information content (AvgIpc) is 2.59. The average molecular weight is 298 g/mol. The Bertz CT molecular complexity index is 624. The van der Waals surface area contributed by atoms with Gasteiger partial charge in [-0.15, -0.1) is 0 Å². The third kappa shape index (κ3) is 4.70. The Balaban J connectivity index is 1.74. The van der Waals surface area contributed by atoms with Crippen LogP contribution in [0.4, 0.5) is 0 Å². The molecule has 0 atom stereocenters. The molecule has 0 aliphatic carbocycles. The molecule has 114 valence electrons. The Labute approximate surface area is 129 Å². The normalized spacial score (nSPS) is 10.0. The number of methoxy groups -OCH3 is 1. The minimum atomic E-state index is -0.145. The lowest BCUT2D eigenvalue weighted by Crippen LogP contribution is -2.23. The van der Waals surface area contributed by atoms with Crippen molar-refractivity contribution >= 4 is 11.7 Å². The van der Waals surface area contributed by atoms with Crippen LogP contribution in [0.2, 0.25) is 0 Å². The molecule has 0 aliphatic heterocycles. The van der Waals surface area contributed by atoms with Crippen molar-refractivity contribution in [2.75, 3.05) is 7.11 Å². The third-order valence-electron chi connectivity index (χ3n) is 3.21. The first kappa shape index (κ1) is 15.7. The van der Waals surface area contributed by atoms with E-state index < -0.39 is 0 Å². The van der Waals surface area contributed by atoms with Gasteiger partial charge in [0.15, 0.2) is 5.78 Å². The summed E-state index contributed by atoms with van der Waals surface area (Å²) in [5, 5.41) is 2.80. The van der Waals surface area contributed by atoms with Gasteiger partial charge in [0.05, 0.1) is 7.11 Å². The number of benzene rings is 1. The van der Waals surface area contributed by atoms with Crippen LogP contribution in [0.15, 0.2) is 48.8 Å². The molecule has 22 heavy (non-hydrogen) atoms. The third-order valence-corrected chi connectivity index (χ3v) is 3.21. The Kier molecular flexibility index (Phi) is 5.65. The molecule has 0 unspecified atom stereocenters. The number of ketones is 1. The van der Waals surface area contributed by atoms with Gasteiger partial charge in [0, 0.05) is 37.3 Å². The molecule has 0 fully saturated rings. The maximum absolute atomic E-state index is 11.9. The van der Waals surface area contributed by atoms with Crippen molar-refractivity contribution in [3.63, 3.8) is 0 Å². The summed E-state index contributed by atoms with van der Waals surface area (Å²) < 4.78 is 5.07. The molecule has 1 aromatic heterocycles. The fourth-order valence-corrected chi connectivity index (χ4v) is 1.93. The first-order valence-corrected chi connectivity index (χ1v) is 7.02. The van der Waals surface area contributed by atoms with Crippen LogP contribution >= 0.6 is 0 Å². The van der Waals surface area contributed by atoms with Crippen LogP contribution in [0.1, 0.15) is 28.8 Å². The molecular formula is C17H18N2O3. The molecule has 0 spiro atoms. The molecule has 1 N–H and O–H groups in total. The number of rotatable bonds is 7. The minimum absolute atomic E-state index is 0.0762. The number of carbonyl (C=O) groups is 2. The number of ether oxygens (including phenoxy) is 1. The zero-order chi connectivity index (χ0) is 15.8. The van der Waals surface area contributed by atoms with E-state index in [4.69, 9.17) is 4.74 Å². The van der Waals surface area contributed by atoms with Crippen LogP contribution < -0.4 is 10.1 Å². The van der Waals surface area contributed by atoms with Gasteiger partial charge in [-0.2, -0.15) is 0 Å². The van der Waals surface area contributed by atoms with Crippen molar-refractivity contribution < 1.29 is 14.3 Å². The highest BCUT2D eigenvalue weighted by Crippen LogP contribution is 2.11. The van der Waals surface area contributed by atoms with Crippen molar-refractivity contribution in [1.82, 2.24) is 10.3 Å². The number of Topliss-reactive ketones (excluding diaryl/α,β-unsaturated/α-hetero) is 1. The van der Waals surface area contributed by atoms with Gasteiger partial charge in [0.25, 0.3) is 0 Å². The lowest BCUT2D eigenvalue weighted by molar-refractivity contribution is -0.121. The quantitative estimate of drug-likeness (QED) is 0.797.